The van der Waals surface area contributed by atoms with Crippen LogP contribution in [0.15, 0.2) is 11.9 Å². The Kier molecular flexibility index (Phi) is 4.56. The number of aliphatic hydroxyl groups is 1. The van der Waals surface area contributed by atoms with Crippen molar-refractivity contribution in [2.45, 2.75) is 6.10 Å². The first kappa shape index (κ1) is 10.8. The number of aliphatic hydroxyl groups excluding tert-OH is 1. The molecule has 6 heteroatoms. The minimum Gasteiger partial charge on any atom is -0.393 e. The van der Waals surface area contributed by atoms with Crippen LogP contribution in [0.25, 0.3) is 0 Å². The zero-order chi connectivity index (χ0) is 8.91. The first-order valence-electron chi connectivity index (χ1n) is 2.88. The van der Waals surface area contributed by atoms with Crippen molar-refractivity contribution in [3.63, 3.8) is 0 Å². The van der Waals surface area contributed by atoms with Gasteiger partial charge in [-0.05, 0) is 6.08 Å². The molecule has 0 radical (unpaired) electrons. The number of methoxy groups -OCH3 is 1. The fraction of sp³-hybridized carbons (Fsp3) is 0.600. The van der Waals surface area contributed by atoms with Crippen LogP contribution in [0.5, 0.6) is 0 Å². The molecule has 0 saturated carbocycles. The van der Waals surface area contributed by atoms with Crippen LogP contribution in [0.2, 0.25) is 0 Å². The predicted molar refractivity (Wildman–Crippen MR) is 39.1 cm³/mol. The average molecular weight is 182 g/mol. The fourth-order valence-electron chi connectivity index (χ4n) is 0.422. The topological polar surface area (TPSA) is 87.0 Å². The van der Waals surface area contributed by atoms with Gasteiger partial charge >= 0.3 is 7.60 Å². The highest BCUT2D eigenvalue weighted by Crippen LogP contribution is 2.36. The highest BCUT2D eigenvalue weighted by molar-refractivity contribution is 7.55. The van der Waals surface area contributed by atoms with E-state index in [0.717, 1.165) is 6.08 Å². The van der Waals surface area contributed by atoms with E-state index in [-0.39, 0.29) is 6.61 Å². The lowest BCUT2D eigenvalue weighted by atomic mass is 10.4. The third kappa shape index (κ3) is 6.22. The zero-order valence-electron chi connectivity index (χ0n) is 6.04. The molecule has 1 unspecified atom stereocenters. The largest absolute Gasteiger partial charge is 0.393 e. The molecule has 0 aliphatic carbocycles. The van der Waals surface area contributed by atoms with E-state index in [9.17, 15) is 4.57 Å². The van der Waals surface area contributed by atoms with Gasteiger partial charge in [-0.3, -0.25) is 4.57 Å². The maximum absolute atomic E-state index is 10.2. The highest BCUT2D eigenvalue weighted by atomic mass is 31.2. The van der Waals surface area contributed by atoms with Crippen molar-refractivity contribution in [2.75, 3.05) is 13.7 Å². The fourth-order valence-corrected chi connectivity index (χ4v) is 0.838. The van der Waals surface area contributed by atoms with Gasteiger partial charge in [0.05, 0.1) is 12.7 Å². The monoisotopic (exact) mass is 182 g/mol. The quantitative estimate of drug-likeness (QED) is 0.519. The Hall–Kier alpha value is -0.190. The van der Waals surface area contributed by atoms with E-state index >= 15 is 0 Å². The van der Waals surface area contributed by atoms with E-state index in [1.165, 1.54) is 7.11 Å². The summed E-state index contributed by atoms with van der Waals surface area (Å²) in [6, 6.07) is 0. The zero-order valence-corrected chi connectivity index (χ0v) is 6.94. The van der Waals surface area contributed by atoms with Crippen molar-refractivity contribution in [3.05, 3.63) is 11.9 Å². The third-order valence-corrected chi connectivity index (χ3v) is 1.54. The van der Waals surface area contributed by atoms with Crippen LogP contribution in [0.3, 0.4) is 0 Å². The molecular weight excluding hydrogens is 171 g/mol. The molecule has 0 saturated heterocycles. The Morgan fingerprint density at radius 2 is 2.18 bits per heavy atom. The van der Waals surface area contributed by atoms with Gasteiger partial charge in [-0.25, -0.2) is 0 Å². The van der Waals surface area contributed by atoms with E-state index in [4.69, 9.17) is 14.9 Å². The van der Waals surface area contributed by atoms with E-state index in [0.29, 0.717) is 5.82 Å². The molecule has 3 N–H and O–H groups in total. The summed E-state index contributed by atoms with van der Waals surface area (Å²) in [5.41, 5.74) is 0. The standard InChI is InChI=1S/C5H11O5P/c1-10-5(4-6)2-3-11(7,8)9/h2-3,5-6H,4H2,1H3,(H2,7,8,9)/b3-2+. The smallest absolute Gasteiger partial charge is 0.348 e. The summed E-state index contributed by atoms with van der Waals surface area (Å²) in [7, 11) is -2.78. The molecule has 0 fully saturated rings. The average Bonchev–Trinajstić information content (AvgIpc) is 1.88. The van der Waals surface area contributed by atoms with Gasteiger partial charge in [0, 0.05) is 12.9 Å². The van der Waals surface area contributed by atoms with E-state index in [1.807, 2.05) is 0 Å². The molecule has 0 rings (SSSR count). The Labute approximate surface area is 64.5 Å². The number of ether oxygens (including phenoxy) is 1. The molecular formula is C5H11O5P. The van der Waals surface area contributed by atoms with Crippen LogP contribution < -0.4 is 0 Å². The third-order valence-electron chi connectivity index (χ3n) is 0.978. The van der Waals surface area contributed by atoms with Gasteiger partial charge in [-0.15, -0.1) is 0 Å². The molecule has 1 atom stereocenters. The van der Waals surface area contributed by atoms with Gasteiger partial charge in [-0.2, -0.15) is 0 Å². The van der Waals surface area contributed by atoms with Gasteiger partial charge < -0.3 is 19.6 Å². The van der Waals surface area contributed by atoms with Crippen LogP contribution in [-0.2, 0) is 9.30 Å². The molecule has 66 valence electrons. The van der Waals surface area contributed by atoms with Gasteiger partial charge in [0.1, 0.15) is 0 Å². The SMILES string of the molecule is COC(/C=C/P(=O)(O)O)CO. The minimum atomic E-state index is -4.12. The second-order valence-corrected chi connectivity index (χ2v) is 3.36. The number of rotatable bonds is 4. The van der Waals surface area contributed by atoms with Crippen molar-refractivity contribution in [1.29, 1.82) is 0 Å². The Bertz CT molecular complexity index is 168. The molecule has 0 aromatic heterocycles. The molecule has 0 heterocycles. The predicted octanol–water partition coefficient (Wildman–Crippen LogP) is -0.315. The lowest BCUT2D eigenvalue weighted by Crippen LogP contribution is -2.11. The van der Waals surface area contributed by atoms with Crippen LogP contribution in [0.1, 0.15) is 0 Å². The summed E-state index contributed by atoms with van der Waals surface area (Å²) in [5, 5.41) is 8.49. The number of hydrogen-bond acceptors (Lipinski definition) is 3. The molecule has 5 nitrogen and oxygen atoms in total. The molecule has 11 heavy (non-hydrogen) atoms. The number of hydrogen-bond donors (Lipinski definition) is 3. The van der Waals surface area contributed by atoms with Gasteiger partial charge in [-0.1, -0.05) is 0 Å². The second kappa shape index (κ2) is 4.64. The summed E-state index contributed by atoms with van der Waals surface area (Å²) in [4.78, 5) is 16.7. The van der Waals surface area contributed by atoms with Crippen LogP contribution in [0.4, 0.5) is 0 Å². The lowest BCUT2D eigenvalue weighted by molar-refractivity contribution is 0.0820. The first-order valence-corrected chi connectivity index (χ1v) is 4.56. The van der Waals surface area contributed by atoms with Crippen LogP contribution in [0, 0.1) is 0 Å². The summed E-state index contributed by atoms with van der Waals surface area (Å²) < 4.78 is 14.9. The normalized spacial score (nSPS) is 15.6. The molecule has 0 aliphatic heterocycles. The summed E-state index contributed by atoms with van der Waals surface area (Å²) >= 11 is 0. The maximum Gasteiger partial charge on any atom is 0.348 e. The van der Waals surface area contributed by atoms with Crippen molar-refractivity contribution in [3.8, 4) is 0 Å². The van der Waals surface area contributed by atoms with Gasteiger partial charge in [0.15, 0.2) is 0 Å². The minimum absolute atomic E-state index is 0.299. The van der Waals surface area contributed by atoms with E-state index < -0.39 is 13.7 Å². The van der Waals surface area contributed by atoms with Gasteiger partial charge in [0.25, 0.3) is 0 Å². The summed E-state index contributed by atoms with van der Waals surface area (Å²) in [6.07, 6.45) is 0.475. The van der Waals surface area contributed by atoms with Crippen molar-refractivity contribution in [1.82, 2.24) is 0 Å². The molecule has 0 aromatic rings. The second-order valence-electron chi connectivity index (χ2n) is 1.89. The Morgan fingerprint density at radius 3 is 2.45 bits per heavy atom. The molecule has 0 aliphatic rings. The molecule has 0 bridgehead atoms. The van der Waals surface area contributed by atoms with Crippen LogP contribution in [-0.4, -0.2) is 34.7 Å². The molecule has 0 aromatic carbocycles. The first-order chi connectivity index (χ1) is 4.99. The van der Waals surface area contributed by atoms with Crippen molar-refractivity contribution < 1.29 is 24.2 Å². The van der Waals surface area contributed by atoms with Gasteiger partial charge in [0.2, 0.25) is 0 Å². The van der Waals surface area contributed by atoms with E-state index in [1.54, 1.807) is 0 Å². The molecule has 0 spiro atoms. The Balaban J connectivity index is 4.00. The lowest BCUT2D eigenvalue weighted by Gasteiger charge is -2.05. The highest BCUT2D eigenvalue weighted by Gasteiger charge is 2.08. The summed E-state index contributed by atoms with van der Waals surface area (Å²) in [5.74, 6) is 0.706. The van der Waals surface area contributed by atoms with E-state index in [2.05, 4.69) is 4.74 Å². The van der Waals surface area contributed by atoms with Crippen LogP contribution >= 0.6 is 7.60 Å². The maximum atomic E-state index is 10.2. The van der Waals surface area contributed by atoms with Crippen molar-refractivity contribution >= 4 is 7.60 Å². The summed E-state index contributed by atoms with van der Waals surface area (Å²) in [6.45, 7) is -0.299. The molecule has 0 amide bonds. The van der Waals surface area contributed by atoms with Crippen molar-refractivity contribution in [2.24, 2.45) is 0 Å². The Morgan fingerprint density at radius 1 is 1.64 bits per heavy atom.